The number of rotatable bonds is 4. The van der Waals surface area contributed by atoms with Crippen LogP contribution in [-0.4, -0.2) is 19.7 Å². The number of aromatic nitrogens is 4. The van der Waals surface area contributed by atoms with Crippen molar-refractivity contribution in [1.82, 2.24) is 19.7 Å². The van der Waals surface area contributed by atoms with Crippen LogP contribution in [0.5, 0.6) is 11.6 Å². The molecule has 96 valence electrons. The van der Waals surface area contributed by atoms with Crippen molar-refractivity contribution in [1.29, 1.82) is 0 Å². The summed E-state index contributed by atoms with van der Waals surface area (Å²) in [4.78, 5) is 8.53. The molecule has 0 bridgehead atoms. The number of hydrogen-bond acceptors (Lipinski definition) is 4. The van der Waals surface area contributed by atoms with Crippen LogP contribution < -0.4 is 4.74 Å². The average molecular weight is 311 g/mol. The quantitative estimate of drug-likeness (QED) is 0.812. The van der Waals surface area contributed by atoms with E-state index in [-0.39, 0.29) is 0 Å². The standard InChI is InChI=1S/C12H15BrN4O/c1-4-11-15-10(13)5-12(16-11)18-9-6-14-17(7-9)8(2)3/h5-8H,4H2,1-3H3. The van der Waals surface area contributed by atoms with Crippen LogP contribution in [0.1, 0.15) is 32.6 Å². The lowest BCUT2D eigenvalue weighted by atomic mass is 10.4. The van der Waals surface area contributed by atoms with Gasteiger partial charge >= 0.3 is 0 Å². The lowest BCUT2D eigenvalue weighted by Crippen LogP contribution is -2.00. The predicted molar refractivity (Wildman–Crippen MR) is 71.8 cm³/mol. The summed E-state index contributed by atoms with van der Waals surface area (Å²) in [6, 6.07) is 2.05. The summed E-state index contributed by atoms with van der Waals surface area (Å²) in [6.07, 6.45) is 4.30. The summed E-state index contributed by atoms with van der Waals surface area (Å²) in [6.45, 7) is 6.13. The number of aryl methyl sites for hydroxylation is 1. The first-order valence-corrected chi connectivity index (χ1v) is 6.63. The van der Waals surface area contributed by atoms with Gasteiger partial charge in [0.2, 0.25) is 5.88 Å². The maximum Gasteiger partial charge on any atom is 0.223 e. The van der Waals surface area contributed by atoms with Crippen molar-refractivity contribution in [2.75, 3.05) is 0 Å². The van der Waals surface area contributed by atoms with Crippen LogP contribution in [-0.2, 0) is 6.42 Å². The van der Waals surface area contributed by atoms with E-state index >= 15 is 0 Å². The molecule has 0 aliphatic rings. The third kappa shape index (κ3) is 3.07. The number of nitrogens with zero attached hydrogens (tertiary/aromatic N) is 4. The van der Waals surface area contributed by atoms with Crippen LogP contribution in [0, 0.1) is 0 Å². The van der Waals surface area contributed by atoms with Gasteiger partial charge in [-0.2, -0.15) is 10.1 Å². The van der Waals surface area contributed by atoms with E-state index in [2.05, 4.69) is 44.8 Å². The Balaban J connectivity index is 2.19. The molecule has 2 heterocycles. The van der Waals surface area contributed by atoms with Crippen LogP contribution in [0.4, 0.5) is 0 Å². The van der Waals surface area contributed by atoms with Crippen molar-refractivity contribution in [3.05, 3.63) is 28.9 Å². The first-order valence-electron chi connectivity index (χ1n) is 5.84. The van der Waals surface area contributed by atoms with E-state index in [9.17, 15) is 0 Å². The normalized spacial score (nSPS) is 10.9. The topological polar surface area (TPSA) is 52.8 Å². The highest BCUT2D eigenvalue weighted by molar-refractivity contribution is 9.10. The fraction of sp³-hybridized carbons (Fsp3) is 0.417. The first kappa shape index (κ1) is 13.0. The van der Waals surface area contributed by atoms with Gasteiger partial charge in [0, 0.05) is 18.5 Å². The van der Waals surface area contributed by atoms with Gasteiger partial charge in [0.25, 0.3) is 0 Å². The van der Waals surface area contributed by atoms with Crippen molar-refractivity contribution < 1.29 is 4.74 Å². The third-order valence-corrected chi connectivity index (χ3v) is 2.77. The number of halogens is 1. The highest BCUT2D eigenvalue weighted by atomic mass is 79.9. The van der Waals surface area contributed by atoms with E-state index in [1.807, 2.05) is 17.8 Å². The largest absolute Gasteiger partial charge is 0.436 e. The van der Waals surface area contributed by atoms with Gasteiger partial charge in [-0.05, 0) is 29.8 Å². The summed E-state index contributed by atoms with van der Waals surface area (Å²) < 4.78 is 8.23. The molecule has 0 saturated carbocycles. The Bertz CT molecular complexity index is 539. The Hall–Kier alpha value is -1.43. The molecule has 0 atom stereocenters. The highest BCUT2D eigenvalue weighted by Crippen LogP contribution is 2.22. The second-order valence-electron chi connectivity index (χ2n) is 4.15. The van der Waals surface area contributed by atoms with Gasteiger partial charge in [-0.3, -0.25) is 4.68 Å². The van der Waals surface area contributed by atoms with Crippen molar-refractivity contribution in [2.45, 2.75) is 33.2 Å². The molecular weight excluding hydrogens is 296 g/mol. The summed E-state index contributed by atoms with van der Waals surface area (Å²) in [7, 11) is 0. The van der Waals surface area contributed by atoms with Crippen LogP contribution in [0.2, 0.25) is 0 Å². The molecule has 6 heteroatoms. The van der Waals surface area contributed by atoms with E-state index < -0.39 is 0 Å². The first-order chi connectivity index (χ1) is 8.58. The zero-order chi connectivity index (χ0) is 13.1. The molecule has 2 aromatic rings. The van der Waals surface area contributed by atoms with E-state index in [1.54, 1.807) is 12.3 Å². The monoisotopic (exact) mass is 310 g/mol. The summed E-state index contributed by atoms with van der Waals surface area (Å²) >= 11 is 3.34. The zero-order valence-electron chi connectivity index (χ0n) is 10.6. The average Bonchev–Trinajstić information content (AvgIpc) is 2.76. The third-order valence-electron chi connectivity index (χ3n) is 2.36. The molecule has 0 spiro atoms. The van der Waals surface area contributed by atoms with Crippen molar-refractivity contribution >= 4 is 15.9 Å². The predicted octanol–water partition coefficient (Wildman–Crippen LogP) is 3.37. The molecule has 0 aromatic carbocycles. The molecule has 0 fully saturated rings. The van der Waals surface area contributed by atoms with Gasteiger partial charge < -0.3 is 4.74 Å². The Morgan fingerprint density at radius 3 is 2.78 bits per heavy atom. The molecule has 0 aliphatic heterocycles. The fourth-order valence-electron chi connectivity index (χ4n) is 1.43. The lowest BCUT2D eigenvalue weighted by Gasteiger charge is -2.05. The minimum absolute atomic E-state index is 0.311. The highest BCUT2D eigenvalue weighted by Gasteiger charge is 2.07. The van der Waals surface area contributed by atoms with Crippen LogP contribution in [0.15, 0.2) is 23.1 Å². The van der Waals surface area contributed by atoms with Crippen molar-refractivity contribution in [2.24, 2.45) is 0 Å². The van der Waals surface area contributed by atoms with Crippen LogP contribution in [0.3, 0.4) is 0 Å². The van der Waals surface area contributed by atoms with Gasteiger partial charge in [-0.15, -0.1) is 0 Å². The molecule has 18 heavy (non-hydrogen) atoms. The molecule has 0 unspecified atom stereocenters. The fourth-order valence-corrected chi connectivity index (χ4v) is 1.83. The van der Waals surface area contributed by atoms with E-state index in [0.717, 1.165) is 16.8 Å². The van der Waals surface area contributed by atoms with Gasteiger partial charge in [0.1, 0.15) is 10.4 Å². The molecule has 5 nitrogen and oxygen atoms in total. The van der Waals surface area contributed by atoms with Crippen molar-refractivity contribution in [3.8, 4) is 11.6 Å². The molecular formula is C12H15BrN4O. The zero-order valence-corrected chi connectivity index (χ0v) is 12.2. The number of hydrogen-bond donors (Lipinski definition) is 0. The molecule has 0 N–H and O–H groups in total. The van der Waals surface area contributed by atoms with Gasteiger partial charge in [0.15, 0.2) is 5.75 Å². The smallest absolute Gasteiger partial charge is 0.223 e. The van der Waals surface area contributed by atoms with Gasteiger partial charge in [-0.25, -0.2) is 4.98 Å². The van der Waals surface area contributed by atoms with Gasteiger partial charge in [-0.1, -0.05) is 6.92 Å². The number of ether oxygens (including phenoxy) is 1. The van der Waals surface area contributed by atoms with E-state index in [0.29, 0.717) is 17.7 Å². The Labute approximate surface area is 114 Å². The maximum atomic E-state index is 5.67. The summed E-state index contributed by atoms with van der Waals surface area (Å²) in [5.41, 5.74) is 0. The maximum absolute atomic E-state index is 5.67. The lowest BCUT2D eigenvalue weighted by molar-refractivity contribution is 0.454. The molecule has 0 amide bonds. The summed E-state index contributed by atoms with van der Waals surface area (Å²) in [5, 5.41) is 4.21. The minimum Gasteiger partial charge on any atom is -0.436 e. The Kier molecular flexibility index (Phi) is 3.96. The van der Waals surface area contributed by atoms with Gasteiger partial charge in [0.05, 0.1) is 12.4 Å². The van der Waals surface area contributed by atoms with Crippen LogP contribution >= 0.6 is 15.9 Å². The molecule has 0 saturated heterocycles. The Morgan fingerprint density at radius 1 is 1.39 bits per heavy atom. The molecule has 2 aromatic heterocycles. The van der Waals surface area contributed by atoms with E-state index in [4.69, 9.17) is 4.74 Å². The Morgan fingerprint density at radius 2 is 2.17 bits per heavy atom. The summed E-state index contributed by atoms with van der Waals surface area (Å²) in [5.74, 6) is 1.95. The molecule has 0 radical (unpaired) electrons. The molecule has 0 aliphatic carbocycles. The molecule has 2 rings (SSSR count). The van der Waals surface area contributed by atoms with Crippen LogP contribution in [0.25, 0.3) is 0 Å². The second kappa shape index (κ2) is 5.48. The SMILES string of the molecule is CCc1nc(Br)cc(Oc2cnn(C(C)C)c2)n1. The second-order valence-corrected chi connectivity index (χ2v) is 4.96. The van der Waals surface area contributed by atoms with E-state index in [1.165, 1.54) is 0 Å². The van der Waals surface area contributed by atoms with Crippen molar-refractivity contribution in [3.63, 3.8) is 0 Å². The minimum atomic E-state index is 0.311.